The Morgan fingerprint density at radius 1 is 1.45 bits per heavy atom. The Kier molecular flexibility index (Phi) is 5.56. The monoisotopic (exact) mass is 277 g/mol. The predicted molar refractivity (Wildman–Crippen MR) is 77.6 cm³/mol. The molecule has 1 fully saturated rings. The maximum Gasteiger partial charge on any atom is 0.314 e. The summed E-state index contributed by atoms with van der Waals surface area (Å²) < 4.78 is 10.6. The van der Waals surface area contributed by atoms with Gasteiger partial charge in [-0.25, -0.2) is 0 Å². The number of carbonyl (C=O) groups excluding carboxylic acids is 1. The average Bonchev–Trinajstić information content (AvgIpc) is 3.02. The highest BCUT2D eigenvalue weighted by Gasteiger charge is 2.26. The zero-order chi connectivity index (χ0) is 14.4. The quantitative estimate of drug-likeness (QED) is 0.809. The van der Waals surface area contributed by atoms with Crippen LogP contribution in [0.4, 0.5) is 0 Å². The van der Waals surface area contributed by atoms with Crippen LogP contribution in [0.25, 0.3) is 0 Å². The third-order valence-corrected chi connectivity index (χ3v) is 3.85. The van der Waals surface area contributed by atoms with E-state index in [0.29, 0.717) is 6.54 Å². The van der Waals surface area contributed by atoms with Crippen molar-refractivity contribution in [1.29, 1.82) is 0 Å². The van der Waals surface area contributed by atoms with E-state index in [4.69, 9.17) is 9.47 Å². The smallest absolute Gasteiger partial charge is 0.314 e. The van der Waals surface area contributed by atoms with Crippen molar-refractivity contribution in [2.75, 3.05) is 20.3 Å². The minimum absolute atomic E-state index is 0.205. The molecule has 0 spiro atoms. The predicted octanol–water partition coefficient (Wildman–Crippen LogP) is 2.10. The van der Waals surface area contributed by atoms with Crippen LogP contribution in [0, 0.1) is 0 Å². The molecule has 3 unspecified atom stereocenters. The second kappa shape index (κ2) is 7.41. The van der Waals surface area contributed by atoms with E-state index < -0.39 is 0 Å². The standard InChI is InChI=1S/C16H23NO3/c1-12(15-9-6-10-20-15)17-11-14(16(18)19-2)13-7-4-3-5-8-13/h3-5,7-8,12,14-15,17H,6,9-11H2,1-2H3. The van der Waals surface area contributed by atoms with Crippen LogP contribution in [-0.4, -0.2) is 38.4 Å². The van der Waals surface area contributed by atoms with E-state index in [1.165, 1.54) is 7.11 Å². The Morgan fingerprint density at radius 2 is 2.20 bits per heavy atom. The Bertz CT molecular complexity index is 415. The molecule has 0 radical (unpaired) electrons. The molecule has 4 heteroatoms. The van der Waals surface area contributed by atoms with Gasteiger partial charge in [-0.05, 0) is 25.3 Å². The molecule has 1 aliphatic rings. The molecule has 110 valence electrons. The lowest BCUT2D eigenvalue weighted by molar-refractivity contribution is -0.142. The molecule has 1 N–H and O–H groups in total. The summed E-state index contributed by atoms with van der Waals surface area (Å²) >= 11 is 0. The molecule has 1 aromatic carbocycles. The molecule has 1 heterocycles. The van der Waals surface area contributed by atoms with Gasteiger partial charge in [0.1, 0.15) is 0 Å². The summed E-state index contributed by atoms with van der Waals surface area (Å²) in [6, 6.07) is 9.98. The van der Waals surface area contributed by atoms with Crippen molar-refractivity contribution in [2.45, 2.75) is 37.8 Å². The Hall–Kier alpha value is -1.39. The highest BCUT2D eigenvalue weighted by Crippen LogP contribution is 2.19. The van der Waals surface area contributed by atoms with E-state index in [-0.39, 0.29) is 24.0 Å². The van der Waals surface area contributed by atoms with E-state index >= 15 is 0 Å². The van der Waals surface area contributed by atoms with Gasteiger partial charge in [-0.3, -0.25) is 4.79 Å². The zero-order valence-corrected chi connectivity index (χ0v) is 12.2. The van der Waals surface area contributed by atoms with Crippen molar-refractivity contribution in [3.63, 3.8) is 0 Å². The first-order valence-electron chi connectivity index (χ1n) is 7.20. The van der Waals surface area contributed by atoms with Gasteiger partial charge in [0, 0.05) is 19.2 Å². The van der Waals surface area contributed by atoms with Crippen LogP contribution in [0.3, 0.4) is 0 Å². The fourth-order valence-corrected chi connectivity index (χ4v) is 2.60. The normalized spacial score (nSPS) is 21.4. The lowest BCUT2D eigenvalue weighted by Gasteiger charge is -2.23. The van der Waals surface area contributed by atoms with Crippen LogP contribution in [0.5, 0.6) is 0 Å². The maximum absolute atomic E-state index is 12.0. The topological polar surface area (TPSA) is 47.6 Å². The average molecular weight is 277 g/mol. The van der Waals surface area contributed by atoms with Crippen molar-refractivity contribution in [3.05, 3.63) is 35.9 Å². The highest BCUT2D eigenvalue weighted by atomic mass is 16.5. The molecule has 0 saturated carbocycles. The minimum atomic E-state index is -0.273. The van der Waals surface area contributed by atoms with Crippen molar-refractivity contribution in [1.82, 2.24) is 5.32 Å². The van der Waals surface area contributed by atoms with E-state index in [9.17, 15) is 4.79 Å². The van der Waals surface area contributed by atoms with Crippen LogP contribution in [-0.2, 0) is 14.3 Å². The number of ether oxygens (including phenoxy) is 2. The fraction of sp³-hybridized carbons (Fsp3) is 0.562. The van der Waals surface area contributed by atoms with Gasteiger partial charge >= 0.3 is 5.97 Å². The summed E-state index contributed by atoms with van der Waals surface area (Å²) in [5.74, 6) is -0.478. The van der Waals surface area contributed by atoms with Gasteiger partial charge in [-0.15, -0.1) is 0 Å². The van der Waals surface area contributed by atoms with Crippen LogP contribution in [0.15, 0.2) is 30.3 Å². The number of benzene rings is 1. The number of esters is 1. The summed E-state index contributed by atoms with van der Waals surface area (Å²) in [7, 11) is 1.43. The van der Waals surface area contributed by atoms with Crippen molar-refractivity contribution in [2.24, 2.45) is 0 Å². The zero-order valence-electron chi connectivity index (χ0n) is 12.2. The molecule has 2 rings (SSSR count). The molecule has 1 aromatic rings. The van der Waals surface area contributed by atoms with E-state index in [1.54, 1.807) is 0 Å². The van der Waals surface area contributed by atoms with Gasteiger partial charge < -0.3 is 14.8 Å². The van der Waals surface area contributed by atoms with Crippen LogP contribution < -0.4 is 5.32 Å². The van der Waals surface area contributed by atoms with Gasteiger partial charge in [0.05, 0.1) is 19.1 Å². The second-order valence-corrected chi connectivity index (χ2v) is 5.23. The number of hydrogen-bond acceptors (Lipinski definition) is 4. The molecule has 4 nitrogen and oxygen atoms in total. The summed E-state index contributed by atoms with van der Waals surface area (Å²) in [4.78, 5) is 12.0. The van der Waals surface area contributed by atoms with Crippen molar-refractivity contribution >= 4 is 5.97 Å². The molecule has 0 aromatic heterocycles. The third-order valence-electron chi connectivity index (χ3n) is 3.85. The lowest BCUT2D eigenvalue weighted by Crippen LogP contribution is -2.40. The summed E-state index contributed by atoms with van der Waals surface area (Å²) in [5.41, 5.74) is 0.978. The van der Waals surface area contributed by atoms with Gasteiger partial charge in [0.25, 0.3) is 0 Å². The Morgan fingerprint density at radius 3 is 2.80 bits per heavy atom. The largest absolute Gasteiger partial charge is 0.469 e. The first-order valence-corrected chi connectivity index (χ1v) is 7.20. The minimum Gasteiger partial charge on any atom is -0.469 e. The lowest BCUT2D eigenvalue weighted by atomic mass is 9.98. The first-order chi connectivity index (χ1) is 9.72. The van der Waals surface area contributed by atoms with Crippen LogP contribution in [0.2, 0.25) is 0 Å². The number of carbonyl (C=O) groups is 1. The third kappa shape index (κ3) is 3.81. The number of rotatable bonds is 6. The Labute approximate surface area is 120 Å². The number of nitrogens with one attached hydrogen (secondary N) is 1. The summed E-state index contributed by atoms with van der Waals surface area (Å²) in [5, 5.41) is 3.41. The molecule has 0 bridgehead atoms. The van der Waals surface area contributed by atoms with E-state index in [2.05, 4.69) is 12.2 Å². The summed E-state index contributed by atoms with van der Waals surface area (Å²) in [6.07, 6.45) is 2.46. The van der Waals surface area contributed by atoms with Crippen molar-refractivity contribution < 1.29 is 14.3 Å². The van der Waals surface area contributed by atoms with Crippen molar-refractivity contribution in [3.8, 4) is 0 Å². The molecular weight excluding hydrogens is 254 g/mol. The maximum atomic E-state index is 12.0. The molecule has 20 heavy (non-hydrogen) atoms. The van der Waals surface area contributed by atoms with Gasteiger partial charge in [-0.2, -0.15) is 0 Å². The molecule has 0 aliphatic carbocycles. The molecule has 0 amide bonds. The molecule has 3 atom stereocenters. The number of methoxy groups -OCH3 is 1. The van der Waals surface area contributed by atoms with Gasteiger partial charge in [0.2, 0.25) is 0 Å². The van der Waals surface area contributed by atoms with Gasteiger partial charge in [0.15, 0.2) is 0 Å². The SMILES string of the molecule is COC(=O)C(CNC(C)C1CCCO1)c1ccccc1. The van der Waals surface area contributed by atoms with Gasteiger partial charge in [-0.1, -0.05) is 30.3 Å². The number of hydrogen-bond donors (Lipinski definition) is 1. The second-order valence-electron chi connectivity index (χ2n) is 5.23. The van der Waals surface area contributed by atoms with Crippen LogP contribution in [0.1, 0.15) is 31.2 Å². The molecule has 1 saturated heterocycles. The van der Waals surface area contributed by atoms with Crippen LogP contribution >= 0.6 is 0 Å². The first kappa shape index (κ1) is 15.0. The highest BCUT2D eigenvalue weighted by molar-refractivity contribution is 5.78. The molecular formula is C16H23NO3. The molecule has 1 aliphatic heterocycles. The summed E-state index contributed by atoms with van der Waals surface area (Å²) in [6.45, 7) is 3.52. The Balaban J connectivity index is 1.96. The van der Waals surface area contributed by atoms with E-state index in [1.807, 2.05) is 30.3 Å². The van der Waals surface area contributed by atoms with E-state index in [0.717, 1.165) is 25.0 Å². The fourth-order valence-electron chi connectivity index (χ4n) is 2.60.